The van der Waals surface area contributed by atoms with Crippen LogP contribution in [0, 0.1) is 6.92 Å². The van der Waals surface area contributed by atoms with Crippen LogP contribution in [0.15, 0.2) is 30.5 Å². The van der Waals surface area contributed by atoms with Gasteiger partial charge in [0.15, 0.2) is 5.69 Å². The van der Waals surface area contributed by atoms with Crippen LogP contribution in [0.3, 0.4) is 0 Å². The van der Waals surface area contributed by atoms with Gasteiger partial charge in [0, 0.05) is 32.7 Å². The number of nitrogens with one attached hydrogen (secondary N) is 2. The molecule has 2 aromatic rings. The quantitative estimate of drug-likeness (QED) is 0.749. The topological polar surface area (TPSA) is 75.1 Å². The molecule has 136 valence electrons. The van der Waals surface area contributed by atoms with Crippen molar-refractivity contribution >= 4 is 18.3 Å². The van der Waals surface area contributed by atoms with Crippen molar-refractivity contribution in [3.05, 3.63) is 41.7 Å². The van der Waals surface area contributed by atoms with Crippen LogP contribution >= 0.6 is 12.4 Å². The summed E-state index contributed by atoms with van der Waals surface area (Å²) in [6.07, 6.45) is 2.61. The summed E-state index contributed by atoms with van der Waals surface area (Å²) >= 11 is 0. The fourth-order valence-corrected chi connectivity index (χ4v) is 2.72. The standard InChI is InChI=1S/C17H24N6O.ClH/c1-14-3-5-15(6-4-14)23-13-16(20-21-23)17(24)19-7-2-10-22-11-8-18-9-12-22;/h3-6,13,18H,2,7-12H2,1H3,(H,19,24);1H. The van der Waals surface area contributed by atoms with Gasteiger partial charge in [0.25, 0.3) is 5.91 Å². The second-order valence-electron chi connectivity index (χ2n) is 6.08. The highest BCUT2D eigenvalue weighted by Crippen LogP contribution is 2.08. The Morgan fingerprint density at radius 3 is 2.68 bits per heavy atom. The van der Waals surface area contributed by atoms with Gasteiger partial charge in [0.1, 0.15) is 0 Å². The molecule has 0 spiro atoms. The first-order valence-corrected chi connectivity index (χ1v) is 8.43. The third-order valence-corrected chi connectivity index (χ3v) is 4.17. The summed E-state index contributed by atoms with van der Waals surface area (Å²) < 4.78 is 1.62. The number of carbonyl (C=O) groups excluding carboxylic acids is 1. The molecule has 0 unspecified atom stereocenters. The van der Waals surface area contributed by atoms with Crippen LogP contribution in [0.1, 0.15) is 22.5 Å². The molecule has 3 rings (SSSR count). The highest BCUT2D eigenvalue weighted by Gasteiger charge is 2.12. The fourth-order valence-electron chi connectivity index (χ4n) is 2.72. The second-order valence-corrected chi connectivity index (χ2v) is 6.08. The minimum Gasteiger partial charge on any atom is -0.351 e. The molecule has 1 saturated heterocycles. The number of halogens is 1. The first-order chi connectivity index (χ1) is 11.7. The molecule has 7 nitrogen and oxygen atoms in total. The van der Waals surface area contributed by atoms with E-state index in [0.717, 1.165) is 44.8 Å². The Morgan fingerprint density at radius 2 is 1.96 bits per heavy atom. The van der Waals surface area contributed by atoms with Crippen LogP contribution in [0.5, 0.6) is 0 Å². The van der Waals surface area contributed by atoms with Crippen molar-refractivity contribution in [2.75, 3.05) is 39.3 Å². The Morgan fingerprint density at radius 1 is 1.24 bits per heavy atom. The van der Waals surface area contributed by atoms with Gasteiger partial charge in [0.2, 0.25) is 0 Å². The van der Waals surface area contributed by atoms with Crippen molar-refractivity contribution in [1.82, 2.24) is 30.5 Å². The van der Waals surface area contributed by atoms with Crippen molar-refractivity contribution in [2.45, 2.75) is 13.3 Å². The maximum Gasteiger partial charge on any atom is 0.273 e. The summed E-state index contributed by atoms with van der Waals surface area (Å²) in [7, 11) is 0. The van der Waals surface area contributed by atoms with Crippen molar-refractivity contribution < 1.29 is 4.79 Å². The molecule has 25 heavy (non-hydrogen) atoms. The van der Waals surface area contributed by atoms with Gasteiger partial charge in [-0.2, -0.15) is 0 Å². The number of piperazine rings is 1. The van der Waals surface area contributed by atoms with Crippen molar-refractivity contribution in [3.63, 3.8) is 0 Å². The fraction of sp³-hybridized carbons (Fsp3) is 0.471. The molecule has 2 heterocycles. The number of carbonyl (C=O) groups is 1. The van der Waals surface area contributed by atoms with E-state index in [-0.39, 0.29) is 18.3 Å². The van der Waals surface area contributed by atoms with Gasteiger partial charge >= 0.3 is 0 Å². The number of hydrogen-bond donors (Lipinski definition) is 2. The number of benzene rings is 1. The average Bonchev–Trinajstić information content (AvgIpc) is 3.10. The van der Waals surface area contributed by atoms with Crippen LogP contribution in [0.4, 0.5) is 0 Å². The zero-order valence-corrected chi connectivity index (χ0v) is 15.3. The first-order valence-electron chi connectivity index (χ1n) is 8.43. The molecule has 0 bridgehead atoms. The molecule has 1 fully saturated rings. The maximum absolute atomic E-state index is 12.1. The summed E-state index contributed by atoms with van der Waals surface area (Å²) in [6, 6.07) is 7.93. The molecule has 1 amide bonds. The van der Waals surface area contributed by atoms with E-state index in [0.29, 0.717) is 12.2 Å². The Balaban J connectivity index is 0.00000225. The van der Waals surface area contributed by atoms with Gasteiger partial charge < -0.3 is 15.5 Å². The zero-order chi connectivity index (χ0) is 16.8. The summed E-state index contributed by atoms with van der Waals surface area (Å²) in [5.74, 6) is -0.173. The van der Waals surface area contributed by atoms with E-state index in [9.17, 15) is 4.79 Å². The molecule has 1 aromatic carbocycles. The van der Waals surface area contributed by atoms with E-state index >= 15 is 0 Å². The first kappa shape index (κ1) is 19.4. The van der Waals surface area contributed by atoms with E-state index in [1.807, 2.05) is 31.2 Å². The third-order valence-electron chi connectivity index (χ3n) is 4.17. The Bertz CT molecular complexity index is 666. The van der Waals surface area contributed by atoms with Gasteiger partial charge in [-0.05, 0) is 32.0 Å². The normalized spacial score (nSPS) is 14.8. The zero-order valence-electron chi connectivity index (χ0n) is 14.4. The molecule has 1 aliphatic heterocycles. The Labute approximate surface area is 154 Å². The van der Waals surface area contributed by atoms with Gasteiger partial charge in [0.05, 0.1) is 11.9 Å². The summed E-state index contributed by atoms with van der Waals surface area (Å²) in [5.41, 5.74) is 2.42. The Hall–Kier alpha value is -1.96. The molecular formula is C17H25ClN6O. The SMILES string of the molecule is Cc1ccc(-n2cc(C(=O)NCCCN3CCNCC3)nn2)cc1.Cl. The molecular weight excluding hydrogens is 340 g/mol. The van der Waals surface area contributed by atoms with E-state index in [4.69, 9.17) is 0 Å². The molecule has 0 aliphatic carbocycles. The number of nitrogens with zero attached hydrogens (tertiary/aromatic N) is 4. The van der Waals surface area contributed by atoms with Crippen LogP contribution in [-0.2, 0) is 0 Å². The minimum atomic E-state index is -0.173. The number of aryl methyl sites for hydroxylation is 1. The van der Waals surface area contributed by atoms with E-state index in [1.54, 1.807) is 10.9 Å². The predicted octanol–water partition coefficient (Wildman–Crippen LogP) is 1.02. The predicted molar refractivity (Wildman–Crippen MR) is 99.6 cm³/mol. The highest BCUT2D eigenvalue weighted by atomic mass is 35.5. The lowest BCUT2D eigenvalue weighted by Gasteiger charge is -2.26. The lowest BCUT2D eigenvalue weighted by Crippen LogP contribution is -2.44. The molecule has 8 heteroatoms. The lowest BCUT2D eigenvalue weighted by atomic mass is 10.2. The molecule has 2 N–H and O–H groups in total. The molecule has 0 saturated carbocycles. The number of hydrogen-bond acceptors (Lipinski definition) is 5. The van der Waals surface area contributed by atoms with Crippen LogP contribution in [0.2, 0.25) is 0 Å². The number of rotatable bonds is 6. The Kier molecular flexibility index (Phi) is 7.36. The lowest BCUT2D eigenvalue weighted by molar-refractivity contribution is 0.0946. The average molecular weight is 365 g/mol. The monoisotopic (exact) mass is 364 g/mol. The third kappa shape index (κ3) is 5.52. The van der Waals surface area contributed by atoms with Gasteiger partial charge in [-0.3, -0.25) is 4.79 Å². The molecule has 0 radical (unpaired) electrons. The van der Waals surface area contributed by atoms with Crippen LogP contribution < -0.4 is 10.6 Å². The highest BCUT2D eigenvalue weighted by molar-refractivity contribution is 5.91. The van der Waals surface area contributed by atoms with E-state index in [2.05, 4.69) is 25.8 Å². The number of amides is 1. The molecule has 0 atom stereocenters. The summed E-state index contributed by atoms with van der Waals surface area (Å²) in [6.45, 7) is 7.96. The van der Waals surface area contributed by atoms with Gasteiger partial charge in [-0.25, -0.2) is 4.68 Å². The van der Waals surface area contributed by atoms with Crippen molar-refractivity contribution in [1.29, 1.82) is 0 Å². The smallest absolute Gasteiger partial charge is 0.273 e. The van der Waals surface area contributed by atoms with Crippen LogP contribution in [0.25, 0.3) is 5.69 Å². The van der Waals surface area contributed by atoms with E-state index < -0.39 is 0 Å². The molecule has 1 aromatic heterocycles. The second kappa shape index (κ2) is 9.50. The van der Waals surface area contributed by atoms with E-state index in [1.165, 1.54) is 5.56 Å². The largest absolute Gasteiger partial charge is 0.351 e. The summed E-state index contributed by atoms with van der Waals surface area (Å²) in [4.78, 5) is 14.6. The maximum atomic E-state index is 12.1. The van der Waals surface area contributed by atoms with Crippen molar-refractivity contribution in [3.8, 4) is 5.69 Å². The summed E-state index contributed by atoms with van der Waals surface area (Å²) in [5, 5.41) is 14.2. The number of aromatic nitrogens is 3. The van der Waals surface area contributed by atoms with Gasteiger partial charge in [-0.15, -0.1) is 17.5 Å². The van der Waals surface area contributed by atoms with Crippen molar-refractivity contribution in [2.24, 2.45) is 0 Å². The van der Waals surface area contributed by atoms with Gasteiger partial charge in [-0.1, -0.05) is 22.9 Å². The minimum absolute atomic E-state index is 0. The molecule has 1 aliphatic rings. The van der Waals surface area contributed by atoms with Crippen LogP contribution in [-0.4, -0.2) is 65.1 Å².